The summed E-state index contributed by atoms with van der Waals surface area (Å²) < 4.78 is 4.63. The Morgan fingerprint density at radius 1 is 1.39 bits per heavy atom. The number of ether oxygens (including phenoxy) is 1. The number of esters is 1. The van der Waals surface area contributed by atoms with Crippen LogP contribution in [0.5, 0.6) is 0 Å². The minimum atomic E-state index is -1.38. The summed E-state index contributed by atoms with van der Waals surface area (Å²) in [5, 5.41) is 3.10. The molecule has 0 spiro atoms. The van der Waals surface area contributed by atoms with Crippen LogP contribution >= 0.6 is 23.2 Å². The van der Waals surface area contributed by atoms with Crippen LogP contribution in [0.1, 0.15) is 6.92 Å². The minimum absolute atomic E-state index is 0.159. The quantitative estimate of drug-likeness (QED) is 0.655. The van der Waals surface area contributed by atoms with E-state index in [1.807, 2.05) is 0 Å². The van der Waals surface area contributed by atoms with Gasteiger partial charge in [-0.15, -0.1) is 0 Å². The highest BCUT2D eigenvalue weighted by atomic mass is 35.5. The van der Waals surface area contributed by atoms with Gasteiger partial charge in [0, 0.05) is 5.69 Å². The lowest BCUT2D eigenvalue weighted by atomic mass is 10.2. The standard InChI is InChI=1S/C11H12Cl2N2O3/c1-2-18-11(17)9(14)10(16)15-6-3-4-7(12)8(13)5-6/h3-5,9H,2,14H2,1H3,(H,15,16). The molecule has 0 saturated carbocycles. The molecule has 0 aliphatic heterocycles. The Balaban J connectivity index is 2.69. The molecule has 98 valence electrons. The van der Waals surface area contributed by atoms with Crippen LogP contribution < -0.4 is 11.1 Å². The average molecular weight is 291 g/mol. The van der Waals surface area contributed by atoms with Crippen molar-refractivity contribution in [1.29, 1.82) is 0 Å². The summed E-state index contributed by atoms with van der Waals surface area (Å²) in [6.45, 7) is 1.79. The summed E-state index contributed by atoms with van der Waals surface area (Å²) in [4.78, 5) is 22.9. The number of carbonyl (C=O) groups excluding carboxylic acids is 2. The Hall–Kier alpha value is -1.30. The maximum atomic E-state index is 11.6. The van der Waals surface area contributed by atoms with Gasteiger partial charge in [-0.25, -0.2) is 4.79 Å². The van der Waals surface area contributed by atoms with Gasteiger partial charge in [0.05, 0.1) is 16.7 Å². The van der Waals surface area contributed by atoms with Crippen molar-refractivity contribution in [1.82, 2.24) is 0 Å². The highest BCUT2D eigenvalue weighted by molar-refractivity contribution is 6.42. The fourth-order valence-electron chi connectivity index (χ4n) is 1.13. The number of halogens is 2. The third-order valence-electron chi connectivity index (χ3n) is 2.01. The van der Waals surface area contributed by atoms with Crippen LogP contribution in [-0.2, 0) is 14.3 Å². The molecule has 0 bridgehead atoms. The first-order valence-electron chi connectivity index (χ1n) is 5.13. The van der Waals surface area contributed by atoms with E-state index < -0.39 is 17.9 Å². The van der Waals surface area contributed by atoms with E-state index in [9.17, 15) is 9.59 Å². The number of hydrogen-bond acceptors (Lipinski definition) is 4. The third kappa shape index (κ3) is 3.87. The molecule has 0 fully saturated rings. The maximum Gasteiger partial charge on any atom is 0.332 e. The van der Waals surface area contributed by atoms with Crippen LogP contribution in [0.4, 0.5) is 5.69 Å². The molecule has 1 unspecified atom stereocenters. The fourth-order valence-corrected chi connectivity index (χ4v) is 1.43. The summed E-state index contributed by atoms with van der Waals surface area (Å²) in [5.74, 6) is -1.46. The SMILES string of the molecule is CCOC(=O)C(N)C(=O)Nc1ccc(Cl)c(Cl)c1. The summed E-state index contributed by atoms with van der Waals surface area (Å²) in [6.07, 6.45) is 0. The van der Waals surface area contributed by atoms with Gasteiger partial charge in [-0.2, -0.15) is 0 Å². The molecule has 1 aromatic rings. The lowest BCUT2D eigenvalue weighted by molar-refractivity contribution is -0.146. The van der Waals surface area contributed by atoms with Gasteiger partial charge in [0.1, 0.15) is 0 Å². The Morgan fingerprint density at radius 3 is 2.61 bits per heavy atom. The zero-order valence-electron chi connectivity index (χ0n) is 9.57. The van der Waals surface area contributed by atoms with Crippen molar-refractivity contribution < 1.29 is 14.3 Å². The van der Waals surface area contributed by atoms with Crippen molar-refractivity contribution >= 4 is 40.8 Å². The Morgan fingerprint density at radius 2 is 2.06 bits per heavy atom. The predicted molar refractivity (Wildman–Crippen MR) is 69.7 cm³/mol. The molecule has 0 radical (unpaired) electrons. The molecule has 1 atom stereocenters. The molecule has 5 nitrogen and oxygen atoms in total. The molecule has 0 saturated heterocycles. The van der Waals surface area contributed by atoms with E-state index in [4.69, 9.17) is 28.9 Å². The largest absolute Gasteiger partial charge is 0.464 e. The molecule has 0 aliphatic rings. The zero-order chi connectivity index (χ0) is 13.7. The predicted octanol–water partition coefficient (Wildman–Crippen LogP) is 1.82. The van der Waals surface area contributed by atoms with E-state index in [1.54, 1.807) is 13.0 Å². The van der Waals surface area contributed by atoms with E-state index >= 15 is 0 Å². The topological polar surface area (TPSA) is 81.4 Å². The van der Waals surface area contributed by atoms with Crippen molar-refractivity contribution in [2.24, 2.45) is 5.73 Å². The third-order valence-corrected chi connectivity index (χ3v) is 2.75. The molecule has 0 aliphatic carbocycles. The van der Waals surface area contributed by atoms with Crippen molar-refractivity contribution in [2.45, 2.75) is 13.0 Å². The second-order valence-corrected chi connectivity index (χ2v) is 4.16. The van der Waals surface area contributed by atoms with Crippen LogP contribution in [0.3, 0.4) is 0 Å². The number of nitrogens with one attached hydrogen (secondary N) is 1. The Labute approximate surface area is 114 Å². The highest BCUT2D eigenvalue weighted by Crippen LogP contribution is 2.24. The summed E-state index contributed by atoms with van der Waals surface area (Å²) >= 11 is 11.5. The van der Waals surface area contributed by atoms with Crippen LogP contribution in [0.25, 0.3) is 0 Å². The number of amides is 1. The number of rotatable bonds is 4. The molecular formula is C11H12Cl2N2O3. The van der Waals surface area contributed by atoms with Gasteiger partial charge in [-0.1, -0.05) is 23.2 Å². The van der Waals surface area contributed by atoms with E-state index in [-0.39, 0.29) is 6.61 Å². The van der Waals surface area contributed by atoms with Crippen LogP contribution in [0.2, 0.25) is 10.0 Å². The second kappa shape index (κ2) is 6.58. The molecular weight excluding hydrogens is 279 g/mol. The van der Waals surface area contributed by atoms with Gasteiger partial charge in [-0.05, 0) is 25.1 Å². The first kappa shape index (κ1) is 14.8. The van der Waals surface area contributed by atoms with Gasteiger partial charge in [0.2, 0.25) is 0 Å². The normalized spacial score (nSPS) is 11.8. The molecule has 3 N–H and O–H groups in total. The van der Waals surface area contributed by atoms with E-state index in [0.717, 1.165) is 0 Å². The van der Waals surface area contributed by atoms with E-state index in [2.05, 4.69) is 10.1 Å². The molecule has 18 heavy (non-hydrogen) atoms. The summed E-state index contributed by atoms with van der Waals surface area (Å²) in [5.41, 5.74) is 5.81. The van der Waals surface area contributed by atoms with Crippen LogP contribution in [-0.4, -0.2) is 24.5 Å². The molecule has 1 amide bonds. The number of nitrogens with two attached hydrogens (primary N) is 1. The minimum Gasteiger partial charge on any atom is -0.464 e. The van der Waals surface area contributed by atoms with Gasteiger partial charge in [-0.3, -0.25) is 4.79 Å². The van der Waals surface area contributed by atoms with Crippen LogP contribution in [0.15, 0.2) is 18.2 Å². The molecule has 0 aromatic heterocycles. The van der Waals surface area contributed by atoms with Gasteiger partial charge in [0.25, 0.3) is 5.91 Å². The maximum absolute atomic E-state index is 11.6. The number of carbonyl (C=O) groups is 2. The number of anilines is 1. The van der Waals surface area contributed by atoms with E-state index in [0.29, 0.717) is 15.7 Å². The van der Waals surface area contributed by atoms with Crippen molar-refractivity contribution in [3.05, 3.63) is 28.2 Å². The Kier molecular flexibility index (Phi) is 5.40. The first-order valence-corrected chi connectivity index (χ1v) is 5.89. The smallest absolute Gasteiger partial charge is 0.332 e. The molecule has 7 heteroatoms. The Bertz CT molecular complexity index is 466. The monoisotopic (exact) mass is 290 g/mol. The van der Waals surface area contributed by atoms with Crippen molar-refractivity contribution in [2.75, 3.05) is 11.9 Å². The molecule has 1 rings (SSSR count). The van der Waals surface area contributed by atoms with Gasteiger partial charge in [0.15, 0.2) is 6.04 Å². The zero-order valence-corrected chi connectivity index (χ0v) is 11.1. The average Bonchev–Trinajstić information content (AvgIpc) is 2.33. The lowest BCUT2D eigenvalue weighted by Crippen LogP contribution is -2.43. The summed E-state index contributed by atoms with van der Waals surface area (Å²) in [6, 6.07) is 3.15. The molecule has 0 heterocycles. The van der Waals surface area contributed by atoms with Crippen LogP contribution in [0, 0.1) is 0 Å². The summed E-state index contributed by atoms with van der Waals surface area (Å²) in [7, 11) is 0. The number of hydrogen-bond donors (Lipinski definition) is 2. The van der Waals surface area contributed by atoms with Gasteiger partial charge >= 0.3 is 5.97 Å². The number of benzene rings is 1. The van der Waals surface area contributed by atoms with Crippen molar-refractivity contribution in [3.63, 3.8) is 0 Å². The highest BCUT2D eigenvalue weighted by Gasteiger charge is 2.23. The second-order valence-electron chi connectivity index (χ2n) is 3.35. The van der Waals surface area contributed by atoms with E-state index in [1.165, 1.54) is 12.1 Å². The van der Waals surface area contributed by atoms with Crippen molar-refractivity contribution in [3.8, 4) is 0 Å². The fraction of sp³-hybridized carbons (Fsp3) is 0.273. The lowest BCUT2D eigenvalue weighted by Gasteiger charge is -2.11. The van der Waals surface area contributed by atoms with Gasteiger partial charge < -0.3 is 15.8 Å². The molecule has 1 aromatic carbocycles. The first-order chi connectivity index (χ1) is 8.45.